The van der Waals surface area contributed by atoms with E-state index >= 15 is 0 Å². The van der Waals surface area contributed by atoms with Gasteiger partial charge in [0.15, 0.2) is 0 Å². The van der Waals surface area contributed by atoms with E-state index in [9.17, 15) is 4.79 Å². The Morgan fingerprint density at radius 3 is 2.44 bits per heavy atom. The molecule has 0 aliphatic carbocycles. The lowest BCUT2D eigenvalue weighted by Gasteiger charge is -2.17. The number of para-hydroxylation sites is 1. The number of terminal acetylenes is 1. The summed E-state index contributed by atoms with van der Waals surface area (Å²) in [4.78, 5) is 20.3. The summed E-state index contributed by atoms with van der Waals surface area (Å²) in [5.41, 5.74) is 4.14. The van der Waals surface area contributed by atoms with E-state index in [2.05, 4.69) is 55.9 Å². The van der Waals surface area contributed by atoms with E-state index in [0.717, 1.165) is 47.2 Å². The van der Waals surface area contributed by atoms with Crippen LogP contribution in [0.1, 0.15) is 56.6 Å². The molecule has 0 amide bonds. The molecule has 0 atom stereocenters. The van der Waals surface area contributed by atoms with Crippen molar-refractivity contribution in [2.45, 2.75) is 52.0 Å². The van der Waals surface area contributed by atoms with Crippen LogP contribution < -0.4 is 15.2 Å². The van der Waals surface area contributed by atoms with Gasteiger partial charge in [-0.1, -0.05) is 75.1 Å². The van der Waals surface area contributed by atoms with Crippen molar-refractivity contribution >= 4 is 10.9 Å². The Bertz CT molecular complexity index is 1530. The molecule has 6 heteroatoms. The third-order valence-corrected chi connectivity index (χ3v) is 7.18. The van der Waals surface area contributed by atoms with Crippen molar-refractivity contribution < 1.29 is 9.47 Å². The quantitative estimate of drug-likeness (QED) is 0.128. The van der Waals surface area contributed by atoms with E-state index in [-0.39, 0.29) is 12.3 Å². The lowest BCUT2D eigenvalue weighted by atomic mass is 9.99. The van der Waals surface area contributed by atoms with Crippen LogP contribution in [0.4, 0.5) is 0 Å². The second-order valence-electron chi connectivity index (χ2n) is 11.0. The number of hydrogen-bond acceptors (Lipinski definition) is 5. The molecule has 0 saturated heterocycles. The molecule has 4 aromatic rings. The number of unbranched alkanes of at least 4 members (excludes halogenated alkanes) is 3. The zero-order chi connectivity index (χ0) is 29.2. The van der Waals surface area contributed by atoms with Gasteiger partial charge >= 0.3 is 5.69 Å². The molecule has 0 spiro atoms. The number of hydrogen-bond donors (Lipinski definition) is 0. The summed E-state index contributed by atoms with van der Waals surface area (Å²) in [6.45, 7) is 6.59. The first-order valence-corrected chi connectivity index (χ1v) is 14.4. The molecule has 0 unspecified atom stereocenters. The first-order chi connectivity index (χ1) is 19.9. The topological polar surface area (TPSA) is 56.6 Å². The molecule has 0 aliphatic heterocycles. The van der Waals surface area contributed by atoms with Crippen LogP contribution in [-0.4, -0.2) is 48.3 Å². The molecule has 1 aromatic heterocycles. The fourth-order valence-electron chi connectivity index (χ4n) is 4.88. The van der Waals surface area contributed by atoms with Crippen LogP contribution in [0, 0.1) is 12.3 Å². The van der Waals surface area contributed by atoms with E-state index in [4.69, 9.17) is 15.9 Å². The highest BCUT2D eigenvalue weighted by Crippen LogP contribution is 2.31. The summed E-state index contributed by atoms with van der Waals surface area (Å²) in [6.07, 6.45) is 9.94. The normalized spacial score (nSPS) is 11.2. The number of fused-ring (bicyclic) bond motifs is 1. The van der Waals surface area contributed by atoms with Crippen molar-refractivity contribution in [3.8, 4) is 35.1 Å². The van der Waals surface area contributed by atoms with Crippen molar-refractivity contribution in [1.82, 2.24) is 14.5 Å². The molecule has 4 rings (SSSR count). The first-order valence-electron chi connectivity index (χ1n) is 14.4. The zero-order valence-corrected chi connectivity index (χ0v) is 24.7. The average molecular weight is 552 g/mol. The van der Waals surface area contributed by atoms with Crippen LogP contribution in [0.2, 0.25) is 0 Å². The van der Waals surface area contributed by atoms with Gasteiger partial charge in [-0.2, -0.15) is 4.98 Å². The van der Waals surface area contributed by atoms with Crippen LogP contribution >= 0.6 is 0 Å². The largest absolute Gasteiger partial charge is 0.493 e. The average Bonchev–Trinajstić information content (AvgIpc) is 2.97. The molecular weight excluding hydrogens is 510 g/mol. The molecule has 0 radical (unpaired) electrons. The maximum absolute atomic E-state index is 13.5. The molecule has 0 saturated carbocycles. The highest BCUT2D eigenvalue weighted by molar-refractivity contribution is 5.93. The van der Waals surface area contributed by atoms with Gasteiger partial charge in [-0.15, -0.1) is 6.42 Å². The highest BCUT2D eigenvalue weighted by Gasteiger charge is 2.16. The Kier molecular flexibility index (Phi) is 10.6. The minimum Gasteiger partial charge on any atom is -0.493 e. The third-order valence-electron chi connectivity index (χ3n) is 7.18. The minimum absolute atomic E-state index is 0.164. The Hall–Kier alpha value is -4.08. The Morgan fingerprint density at radius 2 is 1.71 bits per heavy atom. The fraction of sp³-hybridized carbons (Fsp3) is 0.371. The summed E-state index contributed by atoms with van der Waals surface area (Å²) in [5.74, 6) is 4.36. The van der Waals surface area contributed by atoms with Gasteiger partial charge in [-0.05, 0) is 69.2 Å². The fourth-order valence-corrected chi connectivity index (χ4v) is 4.88. The van der Waals surface area contributed by atoms with Gasteiger partial charge in [0.05, 0.1) is 24.4 Å². The Morgan fingerprint density at radius 1 is 0.951 bits per heavy atom. The molecule has 0 fully saturated rings. The van der Waals surface area contributed by atoms with Gasteiger partial charge in [-0.25, -0.2) is 4.79 Å². The smallest absolute Gasteiger partial charge is 0.348 e. The van der Waals surface area contributed by atoms with Gasteiger partial charge in [0.2, 0.25) is 0 Å². The molecule has 1 heterocycles. The Balaban J connectivity index is 1.63. The maximum Gasteiger partial charge on any atom is 0.348 e. The minimum atomic E-state index is -0.312. The maximum atomic E-state index is 13.5. The van der Waals surface area contributed by atoms with Gasteiger partial charge in [0.25, 0.3) is 0 Å². The first kappa shape index (κ1) is 29.9. The van der Waals surface area contributed by atoms with Crippen molar-refractivity contribution in [1.29, 1.82) is 0 Å². The highest BCUT2D eigenvalue weighted by atomic mass is 16.5. The zero-order valence-electron chi connectivity index (χ0n) is 24.7. The van der Waals surface area contributed by atoms with E-state index in [0.29, 0.717) is 30.5 Å². The van der Waals surface area contributed by atoms with Gasteiger partial charge in [0.1, 0.15) is 18.1 Å². The predicted octanol–water partition coefficient (Wildman–Crippen LogP) is 6.75. The second-order valence-corrected chi connectivity index (χ2v) is 11.0. The third kappa shape index (κ3) is 7.99. The van der Waals surface area contributed by atoms with Crippen molar-refractivity contribution in [3.05, 3.63) is 88.3 Å². The lowest BCUT2D eigenvalue weighted by molar-refractivity contribution is 0.298. The SMILES string of the molecule is C#CCOc1ccc2c(c1)c(-c1ccc(C(C)C)cc1)nc(=O)n2Cc1ccccc1OCCCCCCN(C)C. The predicted molar refractivity (Wildman–Crippen MR) is 168 cm³/mol. The van der Waals surface area contributed by atoms with Crippen LogP contribution in [0.3, 0.4) is 0 Å². The van der Waals surface area contributed by atoms with Gasteiger partial charge in [0, 0.05) is 16.5 Å². The van der Waals surface area contributed by atoms with E-state index in [1.165, 1.54) is 18.4 Å². The molecule has 3 aromatic carbocycles. The van der Waals surface area contributed by atoms with E-state index < -0.39 is 0 Å². The second kappa shape index (κ2) is 14.5. The number of aromatic nitrogens is 2. The van der Waals surface area contributed by atoms with Crippen molar-refractivity contribution in [3.63, 3.8) is 0 Å². The molecule has 0 N–H and O–H groups in total. The van der Waals surface area contributed by atoms with Crippen molar-refractivity contribution in [2.75, 3.05) is 33.9 Å². The van der Waals surface area contributed by atoms with Gasteiger partial charge in [-0.3, -0.25) is 4.57 Å². The molecular formula is C35H41N3O3. The molecule has 0 aliphatic rings. The summed E-state index contributed by atoms with van der Waals surface area (Å²) < 4.78 is 13.6. The number of nitrogens with zero attached hydrogens (tertiary/aromatic N) is 3. The van der Waals surface area contributed by atoms with Crippen LogP contribution in [-0.2, 0) is 6.54 Å². The number of ether oxygens (including phenoxy) is 2. The molecule has 41 heavy (non-hydrogen) atoms. The standard InChI is InChI=1S/C35H41N3O3/c1-6-22-40-30-19-20-32-31(24-30)34(28-17-15-27(16-18-28)26(2)3)36-35(39)38(32)25-29-13-9-10-14-33(29)41-23-12-8-7-11-21-37(4)5/h1,9-10,13-20,24,26H,7-8,11-12,21-23,25H2,2-5H3. The molecule has 0 bridgehead atoms. The van der Waals surface area contributed by atoms with Crippen LogP contribution in [0.15, 0.2) is 71.5 Å². The van der Waals surface area contributed by atoms with E-state index in [1.54, 1.807) is 4.57 Å². The lowest BCUT2D eigenvalue weighted by Crippen LogP contribution is -2.25. The molecule has 6 nitrogen and oxygen atoms in total. The van der Waals surface area contributed by atoms with Gasteiger partial charge < -0.3 is 14.4 Å². The number of rotatable bonds is 14. The van der Waals surface area contributed by atoms with Crippen LogP contribution in [0.5, 0.6) is 11.5 Å². The summed E-state index contributed by atoms with van der Waals surface area (Å²) >= 11 is 0. The Labute approximate surface area is 243 Å². The van der Waals surface area contributed by atoms with Crippen molar-refractivity contribution in [2.24, 2.45) is 0 Å². The summed E-state index contributed by atoms with van der Waals surface area (Å²) in [6, 6.07) is 21.8. The van der Waals surface area contributed by atoms with Crippen LogP contribution in [0.25, 0.3) is 22.2 Å². The van der Waals surface area contributed by atoms with E-state index in [1.807, 2.05) is 54.6 Å². The summed E-state index contributed by atoms with van der Waals surface area (Å²) in [5, 5.41) is 0.826. The molecule has 214 valence electrons. The monoisotopic (exact) mass is 551 g/mol. The summed E-state index contributed by atoms with van der Waals surface area (Å²) in [7, 11) is 4.21. The number of benzene rings is 3.